The van der Waals surface area contributed by atoms with Crippen molar-refractivity contribution in [3.05, 3.63) is 98.8 Å². The summed E-state index contributed by atoms with van der Waals surface area (Å²) in [6, 6.07) is 21.7. The molecule has 0 spiro atoms. The molecular weight excluding hydrogens is 546 g/mol. The van der Waals surface area contributed by atoms with Crippen molar-refractivity contribution >= 4 is 60.9 Å². The fourth-order valence-electron chi connectivity index (χ4n) is 4.01. The quantitative estimate of drug-likeness (QED) is 0.188. The highest BCUT2D eigenvalue weighted by Crippen LogP contribution is 2.32. The number of nitrogens with zero attached hydrogens (tertiary/aromatic N) is 7. The van der Waals surface area contributed by atoms with Crippen molar-refractivity contribution in [1.82, 2.24) is 24.5 Å². The molecule has 41 heavy (non-hydrogen) atoms. The number of hydrogen-bond acceptors (Lipinski definition) is 12. The maximum Gasteiger partial charge on any atom is 0.328 e. The van der Waals surface area contributed by atoms with Gasteiger partial charge < -0.3 is 14.6 Å². The van der Waals surface area contributed by atoms with Crippen molar-refractivity contribution in [3.8, 4) is 17.8 Å². The summed E-state index contributed by atoms with van der Waals surface area (Å²) in [5.74, 6) is 0.456. The second kappa shape index (κ2) is 10.3. The number of rotatable bonds is 7. The number of para-hydroxylation sites is 1. The van der Waals surface area contributed by atoms with Crippen LogP contribution in [-0.4, -0.2) is 29.4 Å². The van der Waals surface area contributed by atoms with Gasteiger partial charge in [-0.3, -0.25) is 20.2 Å². The Morgan fingerprint density at radius 1 is 0.976 bits per heavy atom. The maximum atomic E-state index is 12.6. The fourth-order valence-corrected chi connectivity index (χ4v) is 4.90. The fraction of sp³-hybridized carbons (Fsp3) is 0.0370. The van der Waals surface area contributed by atoms with Crippen molar-refractivity contribution < 1.29 is 9.66 Å². The Labute approximate surface area is 234 Å². The first-order chi connectivity index (χ1) is 19.9. The van der Waals surface area contributed by atoms with E-state index in [9.17, 15) is 14.9 Å². The lowest BCUT2D eigenvalue weighted by atomic mass is 10.2. The Hall–Kier alpha value is -5.94. The van der Waals surface area contributed by atoms with Crippen molar-refractivity contribution in [1.29, 1.82) is 5.26 Å². The van der Waals surface area contributed by atoms with Crippen LogP contribution in [0.5, 0.6) is 11.8 Å². The van der Waals surface area contributed by atoms with Gasteiger partial charge in [0.2, 0.25) is 11.9 Å². The first-order valence-corrected chi connectivity index (χ1v) is 12.8. The summed E-state index contributed by atoms with van der Waals surface area (Å²) in [5, 5.41) is 27.4. The largest absolute Gasteiger partial charge is 0.423 e. The lowest BCUT2D eigenvalue weighted by Crippen LogP contribution is -2.16. The van der Waals surface area contributed by atoms with Gasteiger partial charge >= 0.3 is 6.01 Å². The molecule has 0 saturated carbocycles. The minimum absolute atomic E-state index is 0.0429. The normalized spacial score (nSPS) is 10.8. The summed E-state index contributed by atoms with van der Waals surface area (Å²) in [7, 11) is 1.67. The van der Waals surface area contributed by atoms with E-state index in [-0.39, 0.29) is 34.9 Å². The van der Waals surface area contributed by atoms with Crippen LogP contribution in [0.25, 0.3) is 21.1 Å². The maximum absolute atomic E-state index is 12.6. The average molecular weight is 564 g/mol. The molecule has 6 aromatic rings. The Morgan fingerprint density at radius 3 is 2.49 bits per heavy atom. The van der Waals surface area contributed by atoms with E-state index in [4.69, 9.17) is 10.00 Å². The molecule has 200 valence electrons. The third-order valence-corrected chi connectivity index (χ3v) is 6.94. The average Bonchev–Trinajstić information content (AvgIpc) is 3.37. The molecule has 0 aliphatic heterocycles. The SMILES string of the molecule is Cn1c(=O)cc(Oc2nc(Nc3ccc(C#N)cc3)nc(Nc3nc4ccc([N+](=O)[O-])cc4s3)n2)c2ccccc21. The van der Waals surface area contributed by atoms with Gasteiger partial charge in [0.05, 0.1) is 32.3 Å². The van der Waals surface area contributed by atoms with Crippen LogP contribution in [0, 0.1) is 21.4 Å². The molecule has 2 N–H and O–H groups in total. The zero-order valence-corrected chi connectivity index (χ0v) is 21.9. The third-order valence-electron chi connectivity index (χ3n) is 6.00. The summed E-state index contributed by atoms with van der Waals surface area (Å²) in [6.07, 6.45) is 0. The number of benzene rings is 3. The number of hydrogen-bond donors (Lipinski definition) is 2. The van der Waals surface area contributed by atoms with E-state index in [1.807, 2.05) is 18.2 Å². The smallest absolute Gasteiger partial charge is 0.328 e. The number of aromatic nitrogens is 5. The topological polar surface area (TPSA) is 174 Å². The van der Waals surface area contributed by atoms with Crippen molar-refractivity contribution in [3.63, 3.8) is 0 Å². The predicted molar refractivity (Wildman–Crippen MR) is 153 cm³/mol. The van der Waals surface area contributed by atoms with E-state index in [0.717, 1.165) is 0 Å². The highest BCUT2D eigenvalue weighted by atomic mass is 32.1. The number of pyridine rings is 1. The summed E-state index contributed by atoms with van der Waals surface area (Å²) in [4.78, 5) is 40.9. The van der Waals surface area contributed by atoms with Gasteiger partial charge in [0.25, 0.3) is 11.2 Å². The van der Waals surface area contributed by atoms with Crippen molar-refractivity contribution in [2.75, 3.05) is 10.6 Å². The molecule has 0 radical (unpaired) electrons. The number of nitriles is 1. The van der Waals surface area contributed by atoms with Gasteiger partial charge in [-0.15, -0.1) is 0 Å². The zero-order chi connectivity index (χ0) is 28.5. The number of nitro groups is 1. The van der Waals surface area contributed by atoms with E-state index >= 15 is 0 Å². The summed E-state index contributed by atoms with van der Waals surface area (Å²) < 4.78 is 8.15. The number of anilines is 4. The second-order valence-electron chi connectivity index (χ2n) is 8.66. The lowest BCUT2D eigenvalue weighted by molar-refractivity contribution is -0.384. The molecular formula is C27H17N9O4S. The molecule has 0 aliphatic rings. The molecule has 6 rings (SSSR count). The third kappa shape index (κ3) is 5.20. The molecule has 0 aliphatic carbocycles. The van der Waals surface area contributed by atoms with Crippen LogP contribution in [0.4, 0.5) is 28.4 Å². The van der Waals surface area contributed by atoms with Gasteiger partial charge in [0, 0.05) is 36.3 Å². The number of thiazole rings is 1. The Morgan fingerprint density at radius 2 is 1.73 bits per heavy atom. The highest BCUT2D eigenvalue weighted by molar-refractivity contribution is 7.22. The van der Waals surface area contributed by atoms with Gasteiger partial charge in [-0.1, -0.05) is 23.5 Å². The molecule has 14 heteroatoms. The molecule has 0 bridgehead atoms. The van der Waals surface area contributed by atoms with Crippen LogP contribution >= 0.6 is 11.3 Å². The van der Waals surface area contributed by atoms with E-state index in [0.29, 0.717) is 37.5 Å². The molecule has 3 heterocycles. The van der Waals surface area contributed by atoms with Gasteiger partial charge in [-0.05, 0) is 42.5 Å². The highest BCUT2D eigenvalue weighted by Gasteiger charge is 2.16. The Balaban J connectivity index is 1.39. The van der Waals surface area contributed by atoms with E-state index in [1.165, 1.54) is 34.1 Å². The molecule has 0 fully saturated rings. The Kier molecular flexibility index (Phi) is 6.38. The molecule has 0 atom stereocenters. The van der Waals surface area contributed by atoms with Gasteiger partial charge in [0.15, 0.2) is 5.13 Å². The van der Waals surface area contributed by atoms with E-state index in [1.54, 1.807) is 43.4 Å². The van der Waals surface area contributed by atoms with E-state index in [2.05, 4.69) is 36.6 Å². The van der Waals surface area contributed by atoms with E-state index < -0.39 is 4.92 Å². The van der Waals surface area contributed by atoms with Crippen LogP contribution in [-0.2, 0) is 7.05 Å². The number of nitro benzene ring substituents is 1. The van der Waals surface area contributed by atoms with Crippen LogP contribution in [0.1, 0.15) is 5.56 Å². The zero-order valence-electron chi connectivity index (χ0n) is 21.1. The van der Waals surface area contributed by atoms with Gasteiger partial charge in [0.1, 0.15) is 5.75 Å². The lowest BCUT2D eigenvalue weighted by Gasteiger charge is -2.12. The first kappa shape index (κ1) is 25.3. The standard InChI is InChI=1S/C27H17N9O4S/c1-35-20-5-3-2-4-18(20)21(13-23(35)37)40-26-32-24(29-16-8-6-15(14-28)7-9-16)31-25(33-26)34-27-30-19-11-10-17(36(38)39)12-22(19)41-27/h2-13H,1H3,(H2,29,30,31,32,33,34). The van der Waals surface area contributed by atoms with Gasteiger partial charge in [-0.2, -0.15) is 20.2 Å². The van der Waals surface area contributed by atoms with Crippen molar-refractivity contribution in [2.24, 2.45) is 7.05 Å². The minimum atomic E-state index is -0.469. The molecule has 3 aromatic heterocycles. The molecule has 0 amide bonds. The molecule has 0 saturated heterocycles. The number of ether oxygens (including phenoxy) is 1. The van der Waals surface area contributed by atoms with Crippen molar-refractivity contribution in [2.45, 2.75) is 0 Å². The first-order valence-electron chi connectivity index (χ1n) is 12.0. The number of aryl methyl sites for hydroxylation is 1. The van der Waals surface area contributed by atoms with Crippen LogP contribution < -0.4 is 20.9 Å². The number of fused-ring (bicyclic) bond motifs is 2. The number of non-ortho nitro benzene ring substituents is 1. The van der Waals surface area contributed by atoms with Crippen LogP contribution in [0.3, 0.4) is 0 Å². The predicted octanol–water partition coefficient (Wildman–Crippen LogP) is 5.39. The van der Waals surface area contributed by atoms with Gasteiger partial charge in [-0.25, -0.2) is 4.98 Å². The van der Waals surface area contributed by atoms with Crippen LogP contribution in [0.2, 0.25) is 0 Å². The number of nitrogens with one attached hydrogen (secondary N) is 2. The Bertz CT molecular complexity index is 2070. The van der Waals surface area contributed by atoms with Crippen LogP contribution in [0.15, 0.2) is 77.6 Å². The molecule has 13 nitrogen and oxygen atoms in total. The summed E-state index contributed by atoms with van der Waals surface area (Å²) in [6.45, 7) is 0. The molecule has 0 unspecified atom stereocenters. The second-order valence-corrected chi connectivity index (χ2v) is 9.69. The molecule has 3 aromatic carbocycles. The summed E-state index contributed by atoms with van der Waals surface area (Å²) in [5.41, 5.74) is 2.02. The minimum Gasteiger partial charge on any atom is -0.423 e. The monoisotopic (exact) mass is 563 g/mol. The summed E-state index contributed by atoms with van der Waals surface area (Å²) >= 11 is 1.19.